The molecule has 3 rings (SSSR count). The average Bonchev–Trinajstić information content (AvgIpc) is 2.82. The maximum absolute atomic E-state index is 13.2. The monoisotopic (exact) mass is 435 g/mol. The summed E-state index contributed by atoms with van der Waals surface area (Å²) >= 11 is 0. The first-order valence-corrected chi connectivity index (χ1v) is 11.5. The minimum Gasteiger partial charge on any atom is -0.504 e. The second-order valence-electron chi connectivity index (χ2n) is 7.96. The Morgan fingerprint density at radius 3 is 2.50 bits per heavy atom. The van der Waals surface area contributed by atoms with Crippen LogP contribution in [-0.2, 0) is 13.2 Å². The maximum Gasteiger partial charge on any atom is 0.297 e. The lowest BCUT2D eigenvalue weighted by atomic mass is 10.1. The molecular formula is C27H33NO4. The van der Waals surface area contributed by atoms with Crippen LogP contribution in [0.3, 0.4) is 0 Å². The highest BCUT2D eigenvalue weighted by atomic mass is 16.5. The summed E-state index contributed by atoms with van der Waals surface area (Å²) in [6, 6.07) is 15.3. The van der Waals surface area contributed by atoms with Gasteiger partial charge in [0.1, 0.15) is 19.0 Å². The van der Waals surface area contributed by atoms with Crippen LogP contribution in [0.1, 0.15) is 51.0 Å². The van der Waals surface area contributed by atoms with Crippen LogP contribution < -0.4 is 15.0 Å². The number of aromatic nitrogens is 1. The summed E-state index contributed by atoms with van der Waals surface area (Å²) in [7, 11) is 0. The summed E-state index contributed by atoms with van der Waals surface area (Å²) in [5, 5.41) is 11.3. The minimum absolute atomic E-state index is 0.0265. The average molecular weight is 436 g/mol. The van der Waals surface area contributed by atoms with Gasteiger partial charge in [-0.15, -0.1) is 0 Å². The highest BCUT2D eigenvalue weighted by Gasteiger charge is 2.18. The van der Waals surface area contributed by atoms with Crippen molar-refractivity contribution in [3.8, 4) is 17.2 Å². The number of unbranched alkanes of at least 4 members (excludes halogenated alkanes) is 5. The van der Waals surface area contributed by atoms with Gasteiger partial charge in [0.25, 0.3) is 5.56 Å². The van der Waals surface area contributed by atoms with E-state index in [4.69, 9.17) is 9.47 Å². The zero-order valence-corrected chi connectivity index (χ0v) is 18.9. The number of hydrogen-bond donors (Lipinski definition) is 1. The zero-order chi connectivity index (χ0) is 22.8. The van der Waals surface area contributed by atoms with Crippen molar-refractivity contribution in [3.63, 3.8) is 0 Å². The Morgan fingerprint density at radius 1 is 1.00 bits per heavy atom. The molecule has 0 bridgehead atoms. The standard InChI is InChI=1S/C27H33NO4/c1-3-5-6-7-8-12-17-28-24-19-22(32-20-21-13-10-9-11-14-21)15-16-23(24)25(29)26(27(28)30)31-18-4-2/h4,9-11,13-16,19,29H,2-3,5-8,12,17-18,20H2,1H3. The first-order valence-electron chi connectivity index (χ1n) is 11.5. The number of pyridine rings is 1. The van der Waals surface area contributed by atoms with Gasteiger partial charge in [-0.25, -0.2) is 0 Å². The smallest absolute Gasteiger partial charge is 0.297 e. The van der Waals surface area contributed by atoms with Crippen LogP contribution in [-0.4, -0.2) is 16.3 Å². The molecule has 0 unspecified atom stereocenters. The van der Waals surface area contributed by atoms with Gasteiger partial charge in [-0.3, -0.25) is 4.79 Å². The molecule has 0 aliphatic heterocycles. The van der Waals surface area contributed by atoms with Crippen molar-refractivity contribution < 1.29 is 14.6 Å². The van der Waals surface area contributed by atoms with Gasteiger partial charge in [0, 0.05) is 18.0 Å². The molecule has 1 aromatic heterocycles. The quantitative estimate of drug-likeness (QED) is 0.256. The molecule has 0 amide bonds. The molecule has 0 saturated carbocycles. The van der Waals surface area contributed by atoms with Gasteiger partial charge >= 0.3 is 0 Å². The molecule has 0 spiro atoms. The number of hydrogen-bond acceptors (Lipinski definition) is 4. The van der Waals surface area contributed by atoms with Gasteiger partial charge in [0.15, 0.2) is 5.75 Å². The molecule has 1 N–H and O–H groups in total. The van der Waals surface area contributed by atoms with E-state index in [1.807, 2.05) is 42.5 Å². The molecule has 0 aliphatic carbocycles. The van der Waals surface area contributed by atoms with E-state index in [0.29, 0.717) is 29.8 Å². The Labute approximate surface area is 189 Å². The van der Waals surface area contributed by atoms with Crippen LogP contribution in [0.2, 0.25) is 0 Å². The molecule has 0 atom stereocenters. The Hall–Kier alpha value is -3.21. The van der Waals surface area contributed by atoms with Gasteiger partial charge in [0.2, 0.25) is 5.75 Å². The molecular weight excluding hydrogens is 402 g/mol. The number of aryl methyl sites for hydroxylation is 1. The van der Waals surface area contributed by atoms with Gasteiger partial charge < -0.3 is 19.1 Å². The molecule has 5 nitrogen and oxygen atoms in total. The second kappa shape index (κ2) is 12.0. The Morgan fingerprint density at radius 2 is 1.75 bits per heavy atom. The minimum atomic E-state index is -0.328. The number of fused-ring (bicyclic) bond motifs is 1. The predicted octanol–water partition coefficient (Wildman–Crippen LogP) is 6.21. The van der Waals surface area contributed by atoms with Crippen LogP contribution in [0.15, 0.2) is 66.0 Å². The van der Waals surface area contributed by atoms with Gasteiger partial charge in [-0.2, -0.15) is 0 Å². The number of benzene rings is 2. The van der Waals surface area contributed by atoms with Crippen LogP contribution >= 0.6 is 0 Å². The van der Waals surface area contributed by atoms with E-state index >= 15 is 0 Å². The van der Waals surface area contributed by atoms with E-state index in [9.17, 15) is 9.90 Å². The fraction of sp³-hybridized carbons (Fsp3) is 0.370. The van der Waals surface area contributed by atoms with Crippen molar-refractivity contribution in [3.05, 3.63) is 77.1 Å². The molecule has 3 aromatic rings. The number of rotatable bonds is 13. The van der Waals surface area contributed by atoms with E-state index in [2.05, 4.69) is 13.5 Å². The lowest BCUT2D eigenvalue weighted by Crippen LogP contribution is -2.23. The third kappa shape index (κ3) is 5.94. The van der Waals surface area contributed by atoms with Crippen molar-refractivity contribution >= 4 is 10.9 Å². The fourth-order valence-electron chi connectivity index (χ4n) is 3.77. The highest BCUT2D eigenvalue weighted by Crippen LogP contribution is 2.34. The van der Waals surface area contributed by atoms with Crippen molar-refractivity contribution in [2.45, 2.75) is 58.6 Å². The molecule has 2 aromatic carbocycles. The van der Waals surface area contributed by atoms with E-state index in [1.54, 1.807) is 16.7 Å². The Balaban J connectivity index is 1.89. The molecule has 32 heavy (non-hydrogen) atoms. The molecule has 0 saturated heterocycles. The SMILES string of the molecule is C=CCOc1c(O)c2ccc(OCc3ccccc3)cc2n(CCCCCCCC)c1=O. The molecule has 5 heteroatoms. The van der Waals surface area contributed by atoms with E-state index in [1.165, 1.54) is 19.3 Å². The summed E-state index contributed by atoms with van der Waals surface area (Å²) in [6.07, 6.45) is 8.32. The van der Waals surface area contributed by atoms with Crippen molar-refractivity contribution in [2.75, 3.05) is 6.61 Å². The third-order valence-corrected chi connectivity index (χ3v) is 5.50. The highest BCUT2D eigenvalue weighted by molar-refractivity contribution is 5.88. The van der Waals surface area contributed by atoms with Crippen molar-refractivity contribution in [1.29, 1.82) is 0 Å². The normalized spacial score (nSPS) is 10.9. The summed E-state index contributed by atoms with van der Waals surface area (Å²) in [5.74, 6) is 0.485. The van der Waals surface area contributed by atoms with Crippen LogP contribution in [0, 0.1) is 0 Å². The first kappa shape index (κ1) is 23.5. The van der Waals surface area contributed by atoms with Crippen LogP contribution in [0.4, 0.5) is 0 Å². The number of ether oxygens (including phenoxy) is 2. The Bertz CT molecular complexity index is 1070. The Kier molecular flexibility index (Phi) is 8.79. The molecule has 170 valence electrons. The number of aromatic hydroxyl groups is 1. The third-order valence-electron chi connectivity index (χ3n) is 5.50. The van der Waals surface area contributed by atoms with Gasteiger partial charge in [-0.05, 0) is 24.1 Å². The fourth-order valence-corrected chi connectivity index (χ4v) is 3.77. The summed E-state index contributed by atoms with van der Waals surface area (Å²) in [6.45, 7) is 6.98. The lowest BCUT2D eigenvalue weighted by molar-refractivity contribution is 0.306. The van der Waals surface area contributed by atoms with Gasteiger partial charge in [0.05, 0.1) is 5.52 Å². The summed E-state index contributed by atoms with van der Waals surface area (Å²) in [5.41, 5.74) is 1.39. The first-order chi connectivity index (χ1) is 15.7. The number of nitrogens with zero attached hydrogens (tertiary/aromatic N) is 1. The van der Waals surface area contributed by atoms with E-state index < -0.39 is 0 Å². The topological polar surface area (TPSA) is 60.7 Å². The van der Waals surface area contributed by atoms with Crippen molar-refractivity contribution in [2.24, 2.45) is 0 Å². The predicted molar refractivity (Wildman–Crippen MR) is 130 cm³/mol. The van der Waals surface area contributed by atoms with Gasteiger partial charge in [-0.1, -0.05) is 82.0 Å². The summed E-state index contributed by atoms with van der Waals surface area (Å²) in [4.78, 5) is 13.2. The maximum atomic E-state index is 13.2. The molecule has 0 aliphatic rings. The van der Waals surface area contributed by atoms with E-state index in [-0.39, 0.29) is 23.7 Å². The largest absolute Gasteiger partial charge is 0.504 e. The van der Waals surface area contributed by atoms with Crippen LogP contribution in [0.5, 0.6) is 17.2 Å². The lowest BCUT2D eigenvalue weighted by Gasteiger charge is -2.16. The molecule has 0 radical (unpaired) electrons. The van der Waals surface area contributed by atoms with E-state index in [0.717, 1.165) is 24.8 Å². The summed E-state index contributed by atoms with van der Waals surface area (Å²) < 4.78 is 13.2. The van der Waals surface area contributed by atoms with Crippen molar-refractivity contribution in [1.82, 2.24) is 4.57 Å². The zero-order valence-electron chi connectivity index (χ0n) is 18.9. The second-order valence-corrected chi connectivity index (χ2v) is 7.96. The van der Waals surface area contributed by atoms with Crippen LogP contribution in [0.25, 0.3) is 10.9 Å². The molecule has 1 heterocycles. The molecule has 0 fully saturated rings.